The number of carbonyl (C=O) groups excluding carboxylic acids is 2. The van der Waals surface area contributed by atoms with Crippen LogP contribution in [-0.2, 0) is 38.0 Å². The van der Waals surface area contributed by atoms with E-state index in [0.29, 0.717) is 6.42 Å². The molecule has 0 saturated carbocycles. The molecule has 0 aromatic carbocycles. The van der Waals surface area contributed by atoms with Crippen molar-refractivity contribution in [3.05, 3.63) is 0 Å². The van der Waals surface area contributed by atoms with Gasteiger partial charge in [0.1, 0.15) is 30.5 Å². The standard InChI is InChI=1S/C43H80N2O13/c1-17-31-43(12,52)36(48)27(8)35(54-21-32(46)44(13)14)23(4)19-41(10,51)38(58-40-34(47)29(18-24(5)55-40)45(15)22(2)3)25(6)33(26(7)39(50)57-31)30-20-42(11,53-16)37(49)28(9)56-30/h22-31,33-38,40,47-49,51-52H,17-21H2,1-16H3/t23-,24-,25+,26-,27+,28+,29+,30-,31-,33?,34-,35+,36-,37+,38-,40+,41-,42-,43-/m1/s1. The Hall–Kier alpha value is -1.50. The predicted octanol–water partition coefficient (Wildman–Crippen LogP) is 2.74. The van der Waals surface area contributed by atoms with E-state index in [1.807, 2.05) is 41.7 Å². The summed E-state index contributed by atoms with van der Waals surface area (Å²) >= 11 is 0. The number of ether oxygens (including phenoxy) is 6. The highest BCUT2D eigenvalue weighted by Crippen LogP contribution is 2.45. The number of esters is 1. The minimum Gasteiger partial charge on any atom is -0.459 e. The average molecular weight is 833 g/mol. The van der Waals surface area contributed by atoms with E-state index in [2.05, 4.69) is 4.90 Å². The van der Waals surface area contributed by atoms with E-state index in [1.54, 1.807) is 55.6 Å². The third-order valence-corrected chi connectivity index (χ3v) is 13.9. The number of hydrogen-bond donors (Lipinski definition) is 5. The normalized spacial score (nSPS) is 46.4. The van der Waals surface area contributed by atoms with Crippen LogP contribution in [0.3, 0.4) is 0 Å². The number of nitrogens with zero attached hydrogens (tertiary/aromatic N) is 2. The van der Waals surface area contributed by atoms with E-state index < -0.39 is 107 Å². The van der Waals surface area contributed by atoms with Crippen molar-refractivity contribution < 1.29 is 63.5 Å². The van der Waals surface area contributed by atoms with E-state index in [0.717, 1.165) is 0 Å². The van der Waals surface area contributed by atoms with Crippen molar-refractivity contribution in [3.8, 4) is 0 Å². The van der Waals surface area contributed by atoms with Crippen LogP contribution in [-0.4, -0.2) is 172 Å². The smallest absolute Gasteiger partial charge is 0.309 e. The molecule has 19 atom stereocenters. The van der Waals surface area contributed by atoms with Crippen molar-refractivity contribution >= 4 is 11.9 Å². The van der Waals surface area contributed by atoms with Crippen LogP contribution in [0.2, 0.25) is 0 Å². The van der Waals surface area contributed by atoms with Gasteiger partial charge < -0.3 is 58.9 Å². The second-order valence-corrected chi connectivity index (χ2v) is 19.2. The van der Waals surface area contributed by atoms with Crippen LogP contribution in [0.1, 0.15) is 109 Å². The molecule has 3 aliphatic heterocycles. The maximum Gasteiger partial charge on any atom is 0.309 e. The molecule has 3 saturated heterocycles. The van der Waals surface area contributed by atoms with Crippen LogP contribution in [0.15, 0.2) is 0 Å². The minimum absolute atomic E-state index is 0.00884. The Bertz CT molecular complexity index is 1330. The van der Waals surface area contributed by atoms with Crippen LogP contribution >= 0.6 is 0 Å². The Morgan fingerprint density at radius 2 is 1.53 bits per heavy atom. The molecule has 15 nitrogen and oxygen atoms in total. The maximum atomic E-state index is 14.5. The number of amides is 1. The molecule has 0 aromatic rings. The lowest BCUT2D eigenvalue weighted by Gasteiger charge is -2.52. The summed E-state index contributed by atoms with van der Waals surface area (Å²) in [6, 6.07) is -0.216. The first-order valence-corrected chi connectivity index (χ1v) is 21.4. The van der Waals surface area contributed by atoms with E-state index >= 15 is 0 Å². The molecular formula is C43H80N2O13. The monoisotopic (exact) mass is 833 g/mol. The lowest BCUT2D eigenvalue weighted by Crippen LogP contribution is -2.62. The molecule has 340 valence electrons. The van der Waals surface area contributed by atoms with Crippen LogP contribution < -0.4 is 0 Å². The summed E-state index contributed by atoms with van der Waals surface area (Å²) in [4.78, 5) is 30.8. The Kier molecular flexibility index (Phi) is 17.6. The van der Waals surface area contributed by atoms with Crippen molar-refractivity contribution in [2.45, 2.75) is 199 Å². The number of carbonyl (C=O) groups is 2. The molecule has 0 bridgehead atoms. The van der Waals surface area contributed by atoms with Crippen LogP contribution in [0.5, 0.6) is 0 Å². The number of aliphatic hydroxyl groups is 5. The number of hydrogen-bond acceptors (Lipinski definition) is 14. The molecule has 3 rings (SSSR count). The van der Waals surface area contributed by atoms with E-state index in [9.17, 15) is 35.1 Å². The lowest BCUT2D eigenvalue weighted by atomic mass is 9.67. The van der Waals surface area contributed by atoms with Gasteiger partial charge in [-0.1, -0.05) is 34.6 Å². The van der Waals surface area contributed by atoms with Crippen molar-refractivity contribution in [1.29, 1.82) is 0 Å². The number of methoxy groups -OCH3 is 1. The zero-order valence-corrected chi connectivity index (χ0v) is 38.2. The fourth-order valence-electron chi connectivity index (χ4n) is 10.0. The average Bonchev–Trinajstić information content (AvgIpc) is 3.14. The molecule has 0 spiro atoms. The molecule has 0 aliphatic carbocycles. The molecule has 5 N–H and O–H groups in total. The third-order valence-electron chi connectivity index (χ3n) is 13.9. The highest BCUT2D eigenvalue weighted by atomic mass is 16.7. The summed E-state index contributed by atoms with van der Waals surface area (Å²) < 4.78 is 38.1. The largest absolute Gasteiger partial charge is 0.459 e. The van der Waals surface area contributed by atoms with Crippen molar-refractivity contribution in [2.24, 2.45) is 29.6 Å². The van der Waals surface area contributed by atoms with E-state index in [1.165, 1.54) is 18.9 Å². The fraction of sp³-hybridized carbons (Fsp3) is 0.953. The Labute approximate surface area is 348 Å². The minimum atomic E-state index is -1.95. The lowest BCUT2D eigenvalue weighted by molar-refractivity contribution is -0.304. The molecule has 3 heterocycles. The van der Waals surface area contributed by atoms with Crippen molar-refractivity contribution in [1.82, 2.24) is 9.80 Å². The van der Waals surface area contributed by atoms with Gasteiger partial charge in [0.2, 0.25) is 5.91 Å². The molecule has 0 aromatic heterocycles. The van der Waals surface area contributed by atoms with Gasteiger partial charge in [0.25, 0.3) is 0 Å². The molecule has 3 aliphatic rings. The highest BCUT2D eigenvalue weighted by Gasteiger charge is 2.56. The molecule has 58 heavy (non-hydrogen) atoms. The second kappa shape index (κ2) is 20.1. The van der Waals surface area contributed by atoms with E-state index in [-0.39, 0.29) is 50.0 Å². The van der Waals surface area contributed by atoms with Crippen molar-refractivity contribution in [2.75, 3.05) is 34.9 Å². The molecule has 1 amide bonds. The maximum absolute atomic E-state index is 14.5. The summed E-state index contributed by atoms with van der Waals surface area (Å²) in [5.74, 6) is -4.76. The zero-order chi connectivity index (χ0) is 44.4. The van der Waals surface area contributed by atoms with Gasteiger partial charge in [-0.25, -0.2) is 0 Å². The molecule has 1 unspecified atom stereocenters. The Morgan fingerprint density at radius 3 is 2.07 bits per heavy atom. The molecule has 3 fully saturated rings. The van der Waals surface area contributed by atoms with E-state index in [4.69, 9.17) is 28.4 Å². The predicted molar refractivity (Wildman–Crippen MR) is 218 cm³/mol. The Balaban J connectivity index is 2.30. The first-order chi connectivity index (χ1) is 26.7. The topological polar surface area (TPSA) is 197 Å². The summed E-state index contributed by atoms with van der Waals surface area (Å²) in [7, 11) is 6.68. The fourth-order valence-corrected chi connectivity index (χ4v) is 10.0. The van der Waals surface area contributed by atoms with Crippen LogP contribution in [0.25, 0.3) is 0 Å². The van der Waals surface area contributed by atoms with Gasteiger partial charge in [-0.2, -0.15) is 0 Å². The van der Waals surface area contributed by atoms with Gasteiger partial charge in [0.05, 0.1) is 53.7 Å². The zero-order valence-electron chi connectivity index (χ0n) is 38.2. The SMILES string of the molecule is CC[C@H]1OC(=O)[C@H](C)C([C@H]2C[C@@](C)(OC)[C@@H](O)[C@H](C)O2)[C@H](C)[C@@H](O[C@@H]2O[C@H](C)C[C@H](N(C)C(C)C)[C@H]2O)[C@](C)(O)C[C@@H](C)[C@H](OCC(=O)N(C)C)[C@H](C)[C@@H](O)[C@]1(C)O. The summed E-state index contributed by atoms with van der Waals surface area (Å²) in [5.41, 5.74) is -4.74. The number of aliphatic hydroxyl groups excluding tert-OH is 3. The van der Waals surface area contributed by atoms with Crippen LogP contribution in [0.4, 0.5) is 0 Å². The molecule has 15 heteroatoms. The first kappa shape index (κ1) is 50.9. The second-order valence-electron chi connectivity index (χ2n) is 19.2. The van der Waals surface area contributed by atoms with Gasteiger partial charge in [-0.05, 0) is 86.6 Å². The number of likely N-dealkylation sites (N-methyl/N-ethyl adjacent to an activating group) is 2. The first-order valence-electron chi connectivity index (χ1n) is 21.4. The summed E-state index contributed by atoms with van der Waals surface area (Å²) in [6.07, 6.45) is -8.75. The third kappa shape index (κ3) is 11.1. The number of cyclic esters (lactones) is 1. The van der Waals surface area contributed by atoms with Crippen LogP contribution in [0, 0.1) is 29.6 Å². The molecular weight excluding hydrogens is 752 g/mol. The number of rotatable bonds is 10. The van der Waals surface area contributed by atoms with Gasteiger partial charge in [0.15, 0.2) is 6.29 Å². The molecule has 0 radical (unpaired) electrons. The van der Waals surface area contributed by atoms with Gasteiger partial charge in [-0.3, -0.25) is 14.5 Å². The van der Waals surface area contributed by atoms with Gasteiger partial charge in [0, 0.05) is 51.5 Å². The van der Waals surface area contributed by atoms with Gasteiger partial charge >= 0.3 is 5.97 Å². The Morgan fingerprint density at radius 1 is 0.931 bits per heavy atom. The summed E-state index contributed by atoms with van der Waals surface area (Å²) in [5, 5.41) is 60.0. The summed E-state index contributed by atoms with van der Waals surface area (Å²) in [6.45, 7) is 21.1. The highest BCUT2D eigenvalue weighted by molar-refractivity contribution is 5.76. The van der Waals surface area contributed by atoms with Crippen molar-refractivity contribution in [3.63, 3.8) is 0 Å². The quantitative estimate of drug-likeness (QED) is 0.202. The van der Waals surface area contributed by atoms with Gasteiger partial charge in [-0.15, -0.1) is 0 Å².